The summed E-state index contributed by atoms with van der Waals surface area (Å²) in [5, 5.41) is 28.6. The average molecular weight is 505 g/mol. The maximum Gasteiger partial charge on any atom is 0.259 e. The molecule has 1 aliphatic heterocycles. The normalized spacial score (nSPS) is 15.5. The van der Waals surface area contributed by atoms with E-state index in [1.165, 1.54) is 11.8 Å². The van der Waals surface area contributed by atoms with Gasteiger partial charge in [-0.1, -0.05) is 78.8 Å². The highest BCUT2D eigenvalue weighted by Gasteiger charge is 2.24. The number of aromatic nitrogens is 2. The maximum atomic E-state index is 12.3. The van der Waals surface area contributed by atoms with E-state index in [0.29, 0.717) is 23.0 Å². The fourth-order valence-electron chi connectivity index (χ4n) is 3.62. The predicted molar refractivity (Wildman–Crippen MR) is 140 cm³/mol. The molecule has 1 aliphatic rings. The zero-order valence-electron chi connectivity index (χ0n) is 19.6. The first-order valence-corrected chi connectivity index (χ1v) is 12.6. The molecular weight excluding hydrogens is 476 g/mol. The van der Waals surface area contributed by atoms with Gasteiger partial charge >= 0.3 is 0 Å². The van der Waals surface area contributed by atoms with Crippen LogP contribution < -0.4 is 16.1 Å². The number of aryl methyl sites for hydroxylation is 1. The number of amidine groups is 1. The molecular formula is C26H28N6O3S. The minimum Gasteiger partial charge on any atom is -0.378 e. The Bertz CT molecular complexity index is 1180. The van der Waals surface area contributed by atoms with Gasteiger partial charge in [0.2, 0.25) is 5.91 Å². The Balaban J connectivity index is 1.11. The van der Waals surface area contributed by atoms with Gasteiger partial charge in [0.05, 0.1) is 17.5 Å². The molecule has 4 rings (SSSR count). The van der Waals surface area contributed by atoms with Crippen LogP contribution in [0.1, 0.15) is 42.2 Å². The predicted octanol–water partition coefficient (Wildman–Crippen LogP) is 3.15. The molecule has 36 heavy (non-hydrogen) atoms. The highest BCUT2D eigenvalue weighted by Crippen LogP contribution is 2.22. The molecule has 0 saturated carbocycles. The van der Waals surface area contributed by atoms with Crippen LogP contribution in [0.3, 0.4) is 0 Å². The first-order chi connectivity index (χ1) is 17.6. The molecule has 0 radical (unpaired) electrons. The number of hydrogen-bond donors (Lipinski definition) is 4. The van der Waals surface area contributed by atoms with Crippen molar-refractivity contribution in [2.24, 2.45) is 5.10 Å². The van der Waals surface area contributed by atoms with E-state index in [1.54, 1.807) is 30.3 Å². The second kappa shape index (κ2) is 12.8. The van der Waals surface area contributed by atoms with Crippen molar-refractivity contribution in [2.45, 2.75) is 43.6 Å². The summed E-state index contributed by atoms with van der Waals surface area (Å²) in [6.07, 6.45) is 2.54. The zero-order chi connectivity index (χ0) is 25.2. The molecule has 2 aromatic carbocycles. The van der Waals surface area contributed by atoms with Crippen molar-refractivity contribution in [3.05, 3.63) is 89.6 Å². The van der Waals surface area contributed by atoms with Crippen LogP contribution in [-0.2, 0) is 22.4 Å². The van der Waals surface area contributed by atoms with Gasteiger partial charge in [0, 0.05) is 0 Å². The van der Waals surface area contributed by atoms with E-state index in [1.807, 2.05) is 42.5 Å². The number of carbonyl (C=O) groups is 2. The van der Waals surface area contributed by atoms with E-state index in [9.17, 15) is 14.7 Å². The molecule has 2 atom stereocenters. The van der Waals surface area contributed by atoms with Crippen LogP contribution in [0, 0.1) is 0 Å². The molecule has 0 saturated heterocycles. The van der Waals surface area contributed by atoms with Gasteiger partial charge < -0.3 is 15.7 Å². The third-order valence-corrected chi connectivity index (χ3v) is 6.54. The number of aliphatic hydroxyl groups is 1. The first kappa shape index (κ1) is 25.3. The minimum atomic E-state index is -1.24. The standard InChI is InChI=1S/C26H28N6O3S/c33-22(17-18-9-3-1-4-10-18)27-21-16-15-20(29-30-21)13-7-8-14-23-31-32-26(36-23)28-25(35)24(34)19-11-5-2-6-12-19/h1-6,9-12,15-16,23-24,31,34H,7-8,13-14,17H2,(H,27,30,33)(H,28,32,35). The van der Waals surface area contributed by atoms with Gasteiger partial charge in [-0.2, -0.15) is 10.2 Å². The highest BCUT2D eigenvalue weighted by atomic mass is 32.2. The Morgan fingerprint density at radius 3 is 2.42 bits per heavy atom. The largest absolute Gasteiger partial charge is 0.378 e. The minimum absolute atomic E-state index is 0.0578. The Kier molecular flexibility index (Phi) is 9.01. The summed E-state index contributed by atoms with van der Waals surface area (Å²) in [7, 11) is 0. The summed E-state index contributed by atoms with van der Waals surface area (Å²) in [6.45, 7) is 0. The molecule has 4 N–H and O–H groups in total. The fourth-order valence-corrected chi connectivity index (χ4v) is 4.55. The quantitative estimate of drug-likeness (QED) is 0.312. The number of hydrazone groups is 1. The maximum absolute atomic E-state index is 12.3. The van der Waals surface area contributed by atoms with Crippen LogP contribution in [0.15, 0.2) is 77.9 Å². The summed E-state index contributed by atoms with van der Waals surface area (Å²) >= 11 is 1.43. The van der Waals surface area contributed by atoms with Gasteiger partial charge in [0.25, 0.3) is 5.91 Å². The van der Waals surface area contributed by atoms with E-state index < -0.39 is 12.0 Å². The van der Waals surface area contributed by atoms with Gasteiger partial charge in [-0.15, -0.1) is 5.10 Å². The van der Waals surface area contributed by atoms with E-state index in [0.717, 1.165) is 36.9 Å². The Morgan fingerprint density at radius 1 is 0.944 bits per heavy atom. The second-order valence-electron chi connectivity index (χ2n) is 8.32. The van der Waals surface area contributed by atoms with Crippen LogP contribution in [0.4, 0.5) is 5.82 Å². The van der Waals surface area contributed by atoms with Crippen molar-refractivity contribution in [1.29, 1.82) is 0 Å². The van der Waals surface area contributed by atoms with Crippen LogP contribution >= 0.6 is 11.8 Å². The number of carbonyl (C=O) groups excluding carboxylic acids is 2. The van der Waals surface area contributed by atoms with Crippen molar-refractivity contribution < 1.29 is 14.7 Å². The molecule has 0 aliphatic carbocycles. The number of benzene rings is 2. The first-order valence-electron chi connectivity index (χ1n) is 11.8. The summed E-state index contributed by atoms with van der Waals surface area (Å²) in [5.74, 6) is -0.194. The third kappa shape index (κ3) is 7.62. The number of thioether (sulfide) groups is 1. The number of nitrogens with zero attached hydrogens (tertiary/aromatic N) is 3. The lowest BCUT2D eigenvalue weighted by Gasteiger charge is -2.11. The van der Waals surface area contributed by atoms with Crippen LogP contribution in [0.5, 0.6) is 0 Å². The summed E-state index contributed by atoms with van der Waals surface area (Å²) < 4.78 is 0. The van der Waals surface area contributed by atoms with Gasteiger partial charge in [-0.3, -0.25) is 15.0 Å². The molecule has 3 aromatic rings. The smallest absolute Gasteiger partial charge is 0.259 e. The Labute approximate surface area is 213 Å². The highest BCUT2D eigenvalue weighted by molar-refractivity contribution is 8.14. The molecule has 186 valence electrons. The van der Waals surface area contributed by atoms with Crippen LogP contribution in [-0.4, -0.2) is 37.7 Å². The van der Waals surface area contributed by atoms with Crippen molar-refractivity contribution in [3.8, 4) is 0 Å². The molecule has 10 heteroatoms. The van der Waals surface area contributed by atoms with E-state index in [4.69, 9.17) is 0 Å². The van der Waals surface area contributed by atoms with Gasteiger partial charge in [0.1, 0.15) is 0 Å². The van der Waals surface area contributed by atoms with Crippen LogP contribution in [0.2, 0.25) is 0 Å². The van der Waals surface area contributed by atoms with Crippen molar-refractivity contribution in [1.82, 2.24) is 20.9 Å². The SMILES string of the molecule is O=C(Cc1ccccc1)Nc1ccc(CCCCC2NN=C(NC(=O)C(O)c3ccccc3)S2)nn1. The Hall–Kier alpha value is -3.76. The number of unbranched alkanes of at least 4 members (excludes halogenated alkanes) is 1. The van der Waals surface area contributed by atoms with Gasteiger partial charge in [-0.05, 0) is 42.5 Å². The number of nitrogens with one attached hydrogen (secondary N) is 3. The number of amides is 2. The zero-order valence-corrected chi connectivity index (χ0v) is 20.4. The lowest BCUT2D eigenvalue weighted by molar-refractivity contribution is -0.128. The van der Waals surface area contributed by atoms with Crippen molar-refractivity contribution in [3.63, 3.8) is 0 Å². The van der Waals surface area contributed by atoms with Gasteiger partial charge in [-0.25, -0.2) is 0 Å². The third-order valence-electron chi connectivity index (χ3n) is 5.50. The molecule has 2 amide bonds. The molecule has 0 bridgehead atoms. The second-order valence-corrected chi connectivity index (χ2v) is 9.51. The van der Waals surface area contributed by atoms with E-state index in [-0.39, 0.29) is 11.3 Å². The summed E-state index contributed by atoms with van der Waals surface area (Å²) in [5.41, 5.74) is 5.36. The van der Waals surface area contributed by atoms with Crippen LogP contribution in [0.25, 0.3) is 0 Å². The number of rotatable bonds is 10. The van der Waals surface area contributed by atoms with E-state index in [2.05, 4.69) is 31.4 Å². The number of aliphatic hydroxyl groups excluding tert-OH is 1. The van der Waals surface area contributed by atoms with Gasteiger partial charge in [0.15, 0.2) is 17.1 Å². The molecule has 9 nitrogen and oxygen atoms in total. The topological polar surface area (TPSA) is 129 Å². The Morgan fingerprint density at radius 2 is 1.69 bits per heavy atom. The van der Waals surface area contributed by atoms with E-state index >= 15 is 0 Å². The lowest BCUT2D eigenvalue weighted by Crippen LogP contribution is -2.32. The summed E-state index contributed by atoms with van der Waals surface area (Å²) in [4.78, 5) is 24.4. The average Bonchev–Trinajstić information content (AvgIpc) is 3.35. The fraction of sp³-hybridized carbons (Fsp3) is 0.269. The molecule has 0 fully saturated rings. The monoisotopic (exact) mass is 504 g/mol. The summed E-state index contributed by atoms with van der Waals surface area (Å²) in [6, 6.07) is 22.0. The lowest BCUT2D eigenvalue weighted by atomic mass is 10.1. The number of hydrogen-bond acceptors (Lipinski definition) is 8. The van der Waals surface area contributed by atoms with Crippen molar-refractivity contribution >= 4 is 34.6 Å². The van der Waals surface area contributed by atoms with Crippen molar-refractivity contribution in [2.75, 3.05) is 5.32 Å². The number of anilines is 1. The molecule has 2 unspecified atom stereocenters. The molecule has 2 heterocycles. The molecule has 0 spiro atoms. The molecule has 1 aromatic heterocycles.